The minimum Gasteiger partial charge on any atom is -0.379 e. The third-order valence-corrected chi connectivity index (χ3v) is 5.47. The zero-order valence-electron chi connectivity index (χ0n) is 13.4. The van der Waals surface area contributed by atoms with Crippen LogP contribution in [0.3, 0.4) is 0 Å². The second kappa shape index (κ2) is 7.99. The second-order valence-electron chi connectivity index (χ2n) is 6.13. The van der Waals surface area contributed by atoms with Gasteiger partial charge in [0.05, 0.1) is 0 Å². The van der Waals surface area contributed by atoms with Crippen molar-refractivity contribution in [3.05, 3.63) is 35.9 Å². The predicted molar refractivity (Wildman–Crippen MR) is 91.9 cm³/mol. The van der Waals surface area contributed by atoms with Crippen LogP contribution in [0.1, 0.15) is 25.3 Å². The van der Waals surface area contributed by atoms with E-state index in [9.17, 15) is 9.90 Å². The van der Waals surface area contributed by atoms with Crippen molar-refractivity contribution >= 4 is 17.7 Å². The number of carbonyl (C=O) groups is 1. The SMILES string of the molecule is CC(CCNC(=O)C1(O)CCSC1)N(C)Cc1ccccc1. The lowest BCUT2D eigenvalue weighted by molar-refractivity contribution is -0.137. The fraction of sp³-hybridized carbons (Fsp3) is 0.588. The molecule has 4 nitrogen and oxygen atoms in total. The molecule has 0 saturated carbocycles. The van der Waals surface area contributed by atoms with Crippen molar-refractivity contribution in [2.75, 3.05) is 25.1 Å². The van der Waals surface area contributed by atoms with Crippen molar-refractivity contribution in [1.29, 1.82) is 0 Å². The molecule has 0 radical (unpaired) electrons. The number of nitrogens with one attached hydrogen (secondary N) is 1. The van der Waals surface area contributed by atoms with Crippen molar-refractivity contribution in [3.8, 4) is 0 Å². The van der Waals surface area contributed by atoms with Crippen LogP contribution in [0, 0.1) is 0 Å². The third kappa shape index (κ3) is 4.73. The Bertz CT molecular complexity index is 475. The lowest BCUT2D eigenvalue weighted by Gasteiger charge is -2.26. The Labute approximate surface area is 137 Å². The van der Waals surface area contributed by atoms with Gasteiger partial charge in [0.2, 0.25) is 0 Å². The number of carbonyl (C=O) groups excluding carboxylic acids is 1. The lowest BCUT2D eigenvalue weighted by Crippen LogP contribution is -2.47. The van der Waals surface area contributed by atoms with Gasteiger partial charge >= 0.3 is 0 Å². The summed E-state index contributed by atoms with van der Waals surface area (Å²) in [6.45, 7) is 3.66. The number of amides is 1. The van der Waals surface area contributed by atoms with Crippen LogP contribution in [-0.2, 0) is 11.3 Å². The van der Waals surface area contributed by atoms with E-state index in [1.807, 2.05) is 18.2 Å². The number of rotatable bonds is 7. The fourth-order valence-corrected chi connectivity index (χ4v) is 3.78. The molecular formula is C17H26N2O2S. The summed E-state index contributed by atoms with van der Waals surface area (Å²) in [5.41, 5.74) is 0.141. The molecule has 0 bridgehead atoms. The first-order valence-corrected chi connectivity index (χ1v) is 8.99. The molecular weight excluding hydrogens is 296 g/mol. The fourth-order valence-electron chi connectivity index (χ4n) is 2.54. The van der Waals surface area contributed by atoms with E-state index < -0.39 is 5.60 Å². The highest BCUT2D eigenvalue weighted by Gasteiger charge is 2.39. The summed E-state index contributed by atoms with van der Waals surface area (Å²) in [6.07, 6.45) is 1.44. The number of benzene rings is 1. The molecule has 1 heterocycles. The van der Waals surface area contributed by atoms with Crippen molar-refractivity contribution < 1.29 is 9.90 Å². The van der Waals surface area contributed by atoms with Gasteiger partial charge < -0.3 is 10.4 Å². The standard InChI is InChI=1S/C17H26N2O2S/c1-14(19(2)12-15-6-4-3-5-7-15)8-10-18-16(20)17(21)9-11-22-13-17/h3-7,14,21H,8-13H2,1-2H3,(H,18,20). The summed E-state index contributed by atoms with van der Waals surface area (Å²) in [5.74, 6) is 1.16. The molecule has 2 rings (SSSR count). The molecule has 2 atom stereocenters. The quantitative estimate of drug-likeness (QED) is 0.805. The van der Waals surface area contributed by atoms with Crippen molar-refractivity contribution in [2.45, 2.75) is 38.0 Å². The Morgan fingerprint density at radius 2 is 2.18 bits per heavy atom. The minimum absolute atomic E-state index is 0.213. The molecule has 0 aromatic heterocycles. The lowest BCUT2D eigenvalue weighted by atomic mass is 10.0. The smallest absolute Gasteiger partial charge is 0.252 e. The minimum atomic E-state index is -1.15. The van der Waals surface area contributed by atoms with Crippen LogP contribution in [0.25, 0.3) is 0 Å². The summed E-state index contributed by atoms with van der Waals surface area (Å²) in [6, 6.07) is 10.7. The molecule has 1 aliphatic rings. The number of nitrogens with zero attached hydrogens (tertiary/aromatic N) is 1. The van der Waals surface area contributed by atoms with E-state index >= 15 is 0 Å². The van der Waals surface area contributed by atoms with Gasteiger partial charge in [0.25, 0.3) is 5.91 Å². The topological polar surface area (TPSA) is 52.6 Å². The third-order valence-electron chi connectivity index (χ3n) is 4.30. The van der Waals surface area contributed by atoms with E-state index in [1.165, 1.54) is 5.56 Å². The molecule has 1 amide bonds. The van der Waals surface area contributed by atoms with E-state index in [0.717, 1.165) is 18.7 Å². The van der Waals surface area contributed by atoms with Gasteiger partial charge in [0.1, 0.15) is 0 Å². The van der Waals surface area contributed by atoms with Crippen LogP contribution in [0.4, 0.5) is 0 Å². The summed E-state index contributed by atoms with van der Waals surface area (Å²) in [4.78, 5) is 14.3. The van der Waals surface area contributed by atoms with Crippen LogP contribution in [0.15, 0.2) is 30.3 Å². The molecule has 1 saturated heterocycles. The summed E-state index contributed by atoms with van der Waals surface area (Å²) in [5, 5.41) is 13.1. The Morgan fingerprint density at radius 1 is 1.45 bits per heavy atom. The maximum Gasteiger partial charge on any atom is 0.252 e. The van der Waals surface area contributed by atoms with Crippen LogP contribution >= 0.6 is 11.8 Å². The second-order valence-corrected chi connectivity index (χ2v) is 7.23. The number of hydrogen-bond acceptors (Lipinski definition) is 4. The highest BCUT2D eigenvalue weighted by molar-refractivity contribution is 7.99. The van der Waals surface area contributed by atoms with E-state index in [0.29, 0.717) is 24.8 Å². The summed E-state index contributed by atoms with van der Waals surface area (Å²) >= 11 is 1.64. The van der Waals surface area contributed by atoms with E-state index in [-0.39, 0.29) is 5.91 Å². The molecule has 1 fully saturated rings. The van der Waals surface area contributed by atoms with E-state index in [4.69, 9.17) is 0 Å². The number of aliphatic hydroxyl groups is 1. The first kappa shape index (κ1) is 17.3. The van der Waals surface area contributed by atoms with Crippen LogP contribution in [0.5, 0.6) is 0 Å². The molecule has 1 aliphatic heterocycles. The number of thioether (sulfide) groups is 1. The Kier molecular flexibility index (Phi) is 6.29. The first-order valence-electron chi connectivity index (χ1n) is 7.84. The van der Waals surface area contributed by atoms with Gasteiger partial charge in [-0.1, -0.05) is 30.3 Å². The van der Waals surface area contributed by atoms with Gasteiger partial charge in [-0.3, -0.25) is 9.69 Å². The maximum absolute atomic E-state index is 12.0. The van der Waals surface area contributed by atoms with Gasteiger partial charge in [0, 0.05) is 24.9 Å². The van der Waals surface area contributed by atoms with Gasteiger partial charge in [-0.25, -0.2) is 0 Å². The monoisotopic (exact) mass is 322 g/mol. The highest BCUT2D eigenvalue weighted by Crippen LogP contribution is 2.27. The van der Waals surface area contributed by atoms with Crippen LogP contribution < -0.4 is 5.32 Å². The molecule has 5 heteroatoms. The average molecular weight is 322 g/mol. The van der Waals surface area contributed by atoms with Crippen molar-refractivity contribution in [3.63, 3.8) is 0 Å². The molecule has 1 aromatic carbocycles. The van der Waals surface area contributed by atoms with Gasteiger partial charge in [-0.15, -0.1) is 0 Å². The Morgan fingerprint density at radius 3 is 2.82 bits per heavy atom. The molecule has 1 aromatic rings. The highest BCUT2D eigenvalue weighted by atomic mass is 32.2. The van der Waals surface area contributed by atoms with Crippen LogP contribution in [0.2, 0.25) is 0 Å². The zero-order chi connectivity index (χ0) is 16.0. The predicted octanol–water partition coefficient (Wildman–Crippen LogP) is 1.88. The molecule has 122 valence electrons. The largest absolute Gasteiger partial charge is 0.379 e. The van der Waals surface area contributed by atoms with Gasteiger partial charge in [0.15, 0.2) is 5.60 Å². The Balaban J connectivity index is 1.71. The zero-order valence-corrected chi connectivity index (χ0v) is 14.2. The summed E-state index contributed by atoms with van der Waals surface area (Å²) in [7, 11) is 2.10. The van der Waals surface area contributed by atoms with Crippen molar-refractivity contribution in [1.82, 2.24) is 10.2 Å². The first-order chi connectivity index (χ1) is 10.5. The molecule has 2 N–H and O–H groups in total. The van der Waals surface area contributed by atoms with Gasteiger partial charge in [-0.05, 0) is 38.1 Å². The van der Waals surface area contributed by atoms with Gasteiger partial charge in [-0.2, -0.15) is 11.8 Å². The molecule has 0 aliphatic carbocycles. The van der Waals surface area contributed by atoms with E-state index in [2.05, 4.69) is 36.3 Å². The molecule has 0 spiro atoms. The maximum atomic E-state index is 12.0. The Hall–Kier alpha value is -1.04. The number of hydrogen-bond donors (Lipinski definition) is 2. The molecule has 2 unspecified atom stereocenters. The van der Waals surface area contributed by atoms with E-state index in [1.54, 1.807) is 11.8 Å². The average Bonchev–Trinajstić information content (AvgIpc) is 2.96. The molecule has 22 heavy (non-hydrogen) atoms. The normalized spacial score (nSPS) is 22.7. The summed E-state index contributed by atoms with van der Waals surface area (Å²) < 4.78 is 0. The van der Waals surface area contributed by atoms with Crippen LogP contribution in [-0.4, -0.2) is 52.7 Å². The van der Waals surface area contributed by atoms with Crippen molar-refractivity contribution in [2.24, 2.45) is 0 Å².